The van der Waals surface area contributed by atoms with Gasteiger partial charge in [-0.2, -0.15) is 0 Å². The van der Waals surface area contributed by atoms with E-state index in [9.17, 15) is 8.78 Å². The van der Waals surface area contributed by atoms with Crippen molar-refractivity contribution in [2.24, 2.45) is 0 Å². The molecule has 4 nitrogen and oxygen atoms in total. The Kier molecular flexibility index (Phi) is 6.70. The van der Waals surface area contributed by atoms with E-state index in [0.717, 1.165) is 29.3 Å². The van der Waals surface area contributed by atoms with Crippen molar-refractivity contribution in [1.29, 1.82) is 0 Å². The number of halogens is 2. The van der Waals surface area contributed by atoms with Gasteiger partial charge in [0.1, 0.15) is 0 Å². The molecule has 0 amide bonds. The van der Waals surface area contributed by atoms with E-state index in [1.807, 2.05) is 19.9 Å². The van der Waals surface area contributed by atoms with Gasteiger partial charge < -0.3 is 20.1 Å². The van der Waals surface area contributed by atoms with Crippen molar-refractivity contribution in [3.63, 3.8) is 0 Å². The average Bonchev–Trinajstić information content (AvgIpc) is 2.45. The van der Waals surface area contributed by atoms with E-state index in [1.165, 1.54) is 0 Å². The highest BCUT2D eigenvalue weighted by molar-refractivity contribution is 6.58. The topological polar surface area (TPSA) is 80.9 Å². The Balaban J connectivity index is 0.000000220. The van der Waals surface area contributed by atoms with E-state index < -0.39 is 25.9 Å². The van der Waals surface area contributed by atoms with E-state index >= 15 is 0 Å². The third-order valence-corrected chi connectivity index (χ3v) is 3.07. The van der Waals surface area contributed by atoms with Crippen molar-refractivity contribution in [3.8, 4) is 0 Å². The molecule has 0 atom stereocenters. The summed E-state index contributed by atoms with van der Waals surface area (Å²) < 4.78 is 24.6. The quantitative estimate of drug-likeness (QED) is 0.571. The molecule has 0 spiro atoms. The van der Waals surface area contributed by atoms with Gasteiger partial charge in [0, 0.05) is 0 Å². The van der Waals surface area contributed by atoms with Gasteiger partial charge in [0.2, 0.25) is 0 Å². The van der Waals surface area contributed by atoms with Crippen LogP contribution in [0.4, 0.5) is 8.78 Å². The van der Waals surface area contributed by atoms with Gasteiger partial charge in [-0.1, -0.05) is 24.3 Å². The van der Waals surface area contributed by atoms with E-state index in [0.29, 0.717) is 5.46 Å². The van der Waals surface area contributed by atoms with Crippen LogP contribution in [0.2, 0.25) is 0 Å². The molecule has 0 aliphatic carbocycles. The summed E-state index contributed by atoms with van der Waals surface area (Å²) in [5.41, 5.74) is 2.72. The Morgan fingerprint density at radius 2 is 1.18 bits per heavy atom. The molecule has 0 radical (unpaired) electrons. The predicted octanol–water partition coefficient (Wildman–Crippen LogP) is -0.372. The highest BCUT2D eigenvalue weighted by Crippen LogP contribution is 2.02. The molecule has 0 bridgehead atoms. The zero-order valence-electron chi connectivity index (χ0n) is 12.2. The van der Waals surface area contributed by atoms with Crippen molar-refractivity contribution >= 4 is 25.2 Å². The van der Waals surface area contributed by atoms with Crippen LogP contribution in [0, 0.1) is 25.5 Å². The van der Waals surface area contributed by atoms with Gasteiger partial charge in [0.15, 0.2) is 11.6 Å². The zero-order chi connectivity index (χ0) is 16.9. The monoisotopic (exact) mass is 308 g/mol. The maximum atomic E-state index is 12.3. The lowest BCUT2D eigenvalue weighted by molar-refractivity contribution is 0.424. The van der Waals surface area contributed by atoms with E-state index in [2.05, 4.69) is 0 Å². The van der Waals surface area contributed by atoms with Crippen LogP contribution < -0.4 is 10.9 Å². The Morgan fingerprint density at radius 3 is 1.64 bits per heavy atom. The Bertz CT molecular complexity index is 581. The number of benzene rings is 2. The minimum Gasteiger partial charge on any atom is -0.423 e. The molecule has 8 heteroatoms. The second-order valence-electron chi connectivity index (χ2n) is 4.76. The van der Waals surface area contributed by atoms with Gasteiger partial charge in [0.05, 0.1) is 0 Å². The molecule has 2 aromatic carbocycles. The fourth-order valence-electron chi connectivity index (χ4n) is 1.60. The molecule has 0 aromatic heterocycles. The molecular formula is C14H16B2F2O4. The van der Waals surface area contributed by atoms with Crippen molar-refractivity contribution < 1.29 is 28.9 Å². The van der Waals surface area contributed by atoms with Crippen LogP contribution in [-0.2, 0) is 0 Å². The average molecular weight is 308 g/mol. The molecule has 116 valence electrons. The summed E-state index contributed by atoms with van der Waals surface area (Å²) in [6, 6.07) is 8.05. The number of aryl methyl sites for hydroxylation is 2. The molecule has 22 heavy (non-hydrogen) atoms. The maximum Gasteiger partial charge on any atom is 0.488 e. The minimum absolute atomic E-state index is 0.0658. The summed E-state index contributed by atoms with van der Waals surface area (Å²) in [5, 5.41) is 34.6. The number of hydrogen-bond acceptors (Lipinski definition) is 4. The van der Waals surface area contributed by atoms with Crippen LogP contribution in [0.5, 0.6) is 0 Å². The SMILES string of the molecule is Cc1ccc(B(O)O)cc1C.OB(O)c1ccc(F)c(F)c1. The predicted molar refractivity (Wildman–Crippen MR) is 81.9 cm³/mol. The zero-order valence-corrected chi connectivity index (χ0v) is 12.2. The molecule has 0 saturated heterocycles. The first-order chi connectivity index (χ1) is 10.2. The van der Waals surface area contributed by atoms with Crippen LogP contribution >= 0.6 is 0 Å². The highest BCUT2D eigenvalue weighted by Gasteiger charge is 2.13. The van der Waals surface area contributed by atoms with Gasteiger partial charge >= 0.3 is 14.2 Å². The summed E-state index contributed by atoms with van der Waals surface area (Å²) in [4.78, 5) is 0. The smallest absolute Gasteiger partial charge is 0.423 e. The fourth-order valence-corrected chi connectivity index (χ4v) is 1.60. The standard InChI is InChI=1S/C8H11BO2.C6H5BF2O2/c1-6-3-4-8(9(10)11)5-7(6)2;8-5-2-1-4(7(10)11)3-6(5)9/h3-5,10-11H,1-2H3;1-3,10-11H. The van der Waals surface area contributed by atoms with Crippen LogP contribution in [-0.4, -0.2) is 34.3 Å². The van der Waals surface area contributed by atoms with Crippen molar-refractivity contribution in [2.45, 2.75) is 13.8 Å². The molecule has 0 saturated carbocycles. The normalized spacial score (nSPS) is 9.82. The summed E-state index contributed by atoms with van der Waals surface area (Å²) in [6.07, 6.45) is 0. The van der Waals surface area contributed by atoms with Gasteiger partial charge in [0.25, 0.3) is 0 Å². The molecule has 0 unspecified atom stereocenters. The Morgan fingerprint density at radius 1 is 0.682 bits per heavy atom. The fraction of sp³-hybridized carbons (Fsp3) is 0.143. The lowest BCUT2D eigenvalue weighted by Crippen LogP contribution is -2.30. The van der Waals surface area contributed by atoms with Gasteiger partial charge in [-0.25, -0.2) is 8.78 Å². The molecule has 4 N–H and O–H groups in total. The summed E-state index contributed by atoms with van der Waals surface area (Å²) >= 11 is 0. The van der Waals surface area contributed by atoms with Gasteiger partial charge in [-0.3, -0.25) is 0 Å². The summed E-state index contributed by atoms with van der Waals surface area (Å²) in [5.74, 6) is -2.09. The van der Waals surface area contributed by atoms with Crippen LogP contribution in [0.3, 0.4) is 0 Å². The minimum atomic E-state index is -1.76. The van der Waals surface area contributed by atoms with E-state index in [-0.39, 0.29) is 5.46 Å². The van der Waals surface area contributed by atoms with Gasteiger partial charge in [-0.05, 0) is 48.0 Å². The number of hydrogen-bond donors (Lipinski definition) is 4. The first-order valence-corrected chi connectivity index (χ1v) is 6.46. The second-order valence-corrected chi connectivity index (χ2v) is 4.76. The molecule has 0 aliphatic heterocycles. The lowest BCUT2D eigenvalue weighted by Gasteiger charge is -2.02. The van der Waals surface area contributed by atoms with E-state index in [1.54, 1.807) is 12.1 Å². The third-order valence-electron chi connectivity index (χ3n) is 3.07. The Labute approximate surface area is 128 Å². The largest absolute Gasteiger partial charge is 0.488 e. The molecule has 2 aromatic rings. The van der Waals surface area contributed by atoms with Crippen LogP contribution in [0.15, 0.2) is 36.4 Å². The van der Waals surface area contributed by atoms with E-state index in [4.69, 9.17) is 20.1 Å². The third kappa shape index (κ3) is 5.23. The van der Waals surface area contributed by atoms with Crippen LogP contribution in [0.25, 0.3) is 0 Å². The second kappa shape index (κ2) is 8.05. The summed E-state index contributed by atoms with van der Waals surface area (Å²) in [7, 11) is -3.11. The van der Waals surface area contributed by atoms with Crippen LogP contribution in [0.1, 0.15) is 11.1 Å². The molecule has 2 rings (SSSR count). The lowest BCUT2D eigenvalue weighted by atomic mass is 9.79. The number of rotatable bonds is 2. The first-order valence-electron chi connectivity index (χ1n) is 6.46. The molecule has 0 aliphatic rings. The highest BCUT2D eigenvalue weighted by atomic mass is 19.2. The molecular weight excluding hydrogens is 292 g/mol. The van der Waals surface area contributed by atoms with Crippen molar-refractivity contribution in [3.05, 3.63) is 59.2 Å². The Hall–Kier alpha value is -1.73. The van der Waals surface area contributed by atoms with Crippen molar-refractivity contribution in [2.75, 3.05) is 0 Å². The molecule has 0 fully saturated rings. The van der Waals surface area contributed by atoms with Gasteiger partial charge in [-0.15, -0.1) is 0 Å². The molecule has 0 heterocycles. The summed E-state index contributed by atoms with van der Waals surface area (Å²) in [6.45, 7) is 3.93. The first kappa shape index (κ1) is 18.3. The van der Waals surface area contributed by atoms with Crippen molar-refractivity contribution in [1.82, 2.24) is 0 Å². The maximum absolute atomic E-state index is 12.3.